The summed E-state index contributed by atoms with van der Waals surface area (Å²) >= 11 is 5.45. The average Bonchev–Trinajstić information content (AvgIpc) is 2.80. The van der Waals surface area contributed by atoms with Gasteiger partial charge >= 0.3 is 11.9 Å². The Labute approximate surface area is 185 Å². The maximum atomic E-state index is 12.3. The van der Waals surface area contributed by atoms with E-state index < -0.39 is 11.9 Å². The number of ether oxygens (including phenoxy) is 4. The molecule has 0 aliphatic carbocycles. The summed E-state index contributed by atoms with van der Waals surface area (Å²) in [6, 6.07) is 23.0. The van der Waals surface area contributed by atoms with Gasteiger partial charge in [0.15, 0.2) is 0 Å². The van der Waals surface area contributed by atoms with Gasteiger partial charge in [0.25, 0.3) is 0 Å². The van der Waals surface area contributed by atoms with Crippen LogP contribution in [0, 0.1) is 0 Å². The molecular formula is C24H21ClO6. The van der Waals surface area contributed by atoms with Crippen molar-refractivity contribution in [2.24, 2.45) is 0 Å². The largest absolute Gasteiger partial charge is 0.489 e. The Morgan fingerprint density at radius 1 is 0.742 bits per heavy atom. The number of carbonyl (C=O) groups is 2. The highest BCUT2D eigenvalue weighted by molar-refractivity contribution is 6.18. The van der Waals surface area contributed by atoms with Gasteiger partial charge in [-0.2, -0.15) is 0 Å². The summed E-state index contributed by atoms with van der Waals surface area (Å²) in [6.07, 6.45) is 0.121. The Morgan fingerprint density at radius 3 is 2.03 bits per heavy atom. The first-order valence-electron chi connectivity index (χ1n) is 9.57. The van der Waals surface area contributed by atoms with E-state index in [-0.39, 0.29) is 19.1 Å². The fourth-order valence-corrected chi connectivity index (χ4v) is 2.66. The zero-order valence-corrected chi connectivity index (χ0v) is 17.4. The Bertz CT molecular complexity index is 971. The summed E-state index contributed by atoms with van der Waals surface area (Å²) in [5.74, 6) is 0.791. The molecule has 0 unspecified atom stereocenters. The van der Waals surface area contributed by atoms with Crippen molar-refractivity contribution in [1.82, 2.24) is 0 Å². The predicted octanol–water partition coefficient (Wildman–Crippen LogP) is 4.99. The van der Waals surface area contributed by atoms with Crippen molar-refractivity contribution in [3.8, 4) is 17.2 Å². The normalized spacial score (nSPS) is 10.2. The molecule has 0 N–H and O–H groups in total. The first kappa shape index (κ1) is 22.2. The van der Waals surface area contributed by atoms with Crippen LogP contribution in [0.3, 0.4) is 0 Å². The number of esters is 2. The van der Waals surface area contributed by atoms with Crippen LogP contribution in [0.2, 0.25) is 0 Å². The Balaban J connectivity index is 1.46. The molecule has 0 radical (unpaired) electrons. The van der Waals surface area contributed by atoms with Crippen LogP contribution in [-0.4, -0.2) is 24.6 Å². The van der Waals surface area contributed by atoms with Gasteiger partial charge in [-0.1, -0.05) is 30.3 Å². The van der Waals surface area contributed by atoms with E-state index in [0.29, 0.717) is 29.4 Å². The van der Waals surface area contributed by atoms with E-state index in [1.54, 1.807) is 48.5 Å². The van der Waals surface area contributed by atoms with Crippen molar-refractivity contribution in [2.75, 3.05) is 12.7 Å². The molecule has 0 aliphatic rings. The molecule has 0 heterocycles. The molecule has 6 nitrogen and oxygen atoms in total. The summed E-state index contributed by atoms with van der Waals surface area (Å²) in [4.78, 5) is 23.5. The molecule has 3 rings (SSSR count). The molecule has 3 aromatic carbocycles. The molecule has 0 saturated carbocycles. The summed E-state index contributed by atoms with van der Waals surface area (Å²) in [6.45, 7) is 0.235. The highest BCUT2D eigenvalue weighted by atomic mass is 35.5. The molecule has 0 spiro atoms. The van der Waals surface area contributed by atoms with E-state index in [2.05, 4.69) is 0 Å². The van der Waals surface area contributed by atoms with Gasteiger partial charge in [0, 0.05) is 5.88 Å². The Morgan fingerprint density at radius 2 is 1.35 bits per heavy atom. The van der Waals surface area contributed by atoms with Crippen molar-refractivity contribution >= 4 is 23.5 Å². The number of benzene rings is 3. The standard InChI is InChI=1S/C24H21ClO6/c25-15-14-23(26)30-17-29-21-8-6-19(7-9-21)24(27)31-22-12-10-20(11-13-22)28-16-18-4-2-1-3-5-18/h1-13H,14-17H2. The molecule has 3 aromatic rings. The lowest BCUT2D eigenvalue weighted by Crippen LogP contribution is -2.11. The summed E-state index contributed by atoms with van der Waals surface area (Å²) < 4.78 is 21.2. The van der Waals surface area contributed by atoms with Crippen LogP contribution in [0.1, 0.15) is 22.3 Å². The summed E-state index contributed by atoms with van der Waals surface area (Å²) in [5.41, 5.74) is 1.43. The van der Waals surface area contributed by atoms with Crippen molar-refractivity contribution < 1.29 is 28.5 Å². The van der Waals surface area contributed by atoms with E-state index in [1.165, 1.54) is 0 Å². The van der Waals surface area contributed by atoms with Crippen molar-refractivity contribution in [2.45, 2.75) is 13.0 Å². The highest BCUT2D eigenvalue weighted by Gasteiger charge is 2.09. The van der Waals surface area contributed by atoms with Gasteiger partial charge in [-0.15, -0.1) is 11.6 Å². The van der Waals surface area contributed by atoms with Crippen LogP contribution in [0.4, 0.5) is 0 Å². The second kappa shape index (κ2) is 11.6. The first-order chi connectivity index (χ1) is 15.1. The number of halogens is 1. The molecule has 0 aliphatic heterocycles. The lowest BCUT2D eigenvalue weighted by atomic mass is 10.2. The molecule has 0 fully saturated rings. The minimum Gasteiger partial charge on any atom is -0.489 e. The topological polar surface area (TPSA) is 71.1 Å². The van der Waals surface area contributed by atoms with Gasteiger partial charge in [-0.25, -0.2) is 4.79 Å². The van der Waals surface area contributed by atoms with Gasteiger partial charge in [0.2, 0.25) is 6.79 Å². The van der Waals surface area contributed by atoms with Crippen LogP contribution >= 0.6 is 11.6 Å². The monoisotopic (exact) mass is 440 g/mol. The first-order valence-corrected chi connectivity index (χ1v) is 10.1. The highest BCUT2D eigenvalue weighted by Crippen LogP contribution is 2.20. The van der Waals surface area contributed by atoms with Gasteiger partial charge < -0.3 is 18.9 Å². The Hall–Kier alpha value is -3.51. The molecular weight excluding hydrogens is 420 g/mol. The van der Waals surface area contributed by atoms with Crippen LogP contribution in [0.5, 0.6) is 17.2 Å². The Kier molecular flexibility index (Phi) is 8.31. The van der Waals surface area contributed by atoms with Crippen molar-refractivity contribution in [1.29, 1.82) is 0 Å². The van der Waals surface area contributed by atoms with Gasteiger partial charge in [-0.05, 0) is 54.1 Å². The quantitative estimate of drug-likeness (QED) is 0.191. The molecule has 0 saturated heterocycles. The molecule has 0 atom stereocenters. The molecule has 31 heavy (non-hydrogen) atoms. The molecule has 0 amide bonds. The van der Waals surface area contributed by atoms with E-state index in [1.807, 2.05) is 30.3 Å². The second-order valence-electron chi connectivity index (χ2n) is 6.38. The lowest BCUT2D eigenvalue weighted by molar-refractivity contribution is -0.149. The summed E-state index contributed by atoms with van der Waals surface area (Å²) in [5, 5.41) is 0. The summed E-state index contributed by atoms with van der Waals surface area (Å²) in [7, 11) is 0. The fraction of sp³-hybridized carbons (Fsp3) is 0.167. The van der Waals surface area contributed by atoms with Crippen LogP contribution in [0.15, 0.2) is 78.9 Å². The smallest absolute Gasteiger partial charge is 0.343 e. The second-order valence-corrected chi connectivity index (χ2v) is 6.76. The predicted molar refractivity (Wildman–Crippen MR) is 116 cm³/mol. The third-order valence-corrected chi connectivity index (χ3v) is 4.31. The minimum absolute atomic E-state index is 0.121. The van der Waals surface area contributed by atoms with Crippen LogP contribution in [0.25, 0.3) is 0 Å². The van der Waals surface area contributed by atoms with Crippen molar-refractivity contribution in [3.63, 3.8) is 0 Å². The molecule has 7 heteroatoms. The number of rotatable bonds is 10. The zero-order valence-electron chi connectivity index (χ0n) is 16.7. The molecule has 160 valence electrons. The zero-order chi connectivity index (χ0) is 21.9. The third-order valence-electron chi connectivity index (χ3n) is 4.12. The number of carbonyl (C=O) groups excluding carboxylic acids is 2. The van der Waals surface area contributed by atoms with Crippen molar-refractivity contribution in [3.05, 3.63) is 90.0 Å². The van der Waals surface area contributed by atoms with E-state index >= 15 is 0 Å². The number of alkyl halides is 1. The minimum atomic E-state index is -0.502. The number of hydrogen-bond donors (Lipinski definition) is 0. The van der Waals surface area contributed by atoms with Gasteiger partial charge in [0.05, 0.1) is 12.0 Å². The molecule has 0 aromatic heterocycles. The van der Waals surface area contributed by atoms with E-state index in [9.17, 15) is 9.59 Å². The third kappa shape index (κ3) is 7.35. The van der Waals surface area contributed by atoms with Gasteiger partial charge in [-0.3, -0.25) is 4.79 Å². The maximum absolute atomic E-state index is 12.3. The van der Waals surface area contributed by atoms with Gasteiger partial charge in [0.1, 0.15) is 23.9 Å². The number of hydrogen-bond acceptors (Lipinski definition) is 6. The van der Waals surface area contributed by atoms with E-state index in [4.69, 9.17) is 30.5 Å². The molecule has 0 bridgehead atoms. The SMILES string of the molecule is O=C(CCCl)OCOc1ccc(C(=O)Oc2ccc(OCc3ccccc3)cc2)cc1. The van der Waals surface area contributed by atoms with E-state index in [0.717, 1.165) is 5.56 Å². The average molecular weight is 441 g/mol. The maximum Gasteiger partial charge on any atom is 0.343 e. The van der Waals surface area contributed by atoms with Crippen LogP contribution < -0.4 is 14.2 Å². The van der Waals surface area contributed by atoms with Crippen LogP contribution in [-0.2, 0) is 16.1 Å². The fourth-order valence-electron chi connectivity index (χ4n) is 2.51. The lowest BCUT2D eigenvalue weighted by Gasteiger charge is -2.09.